The number of likely N-dealkylation sites (tertiary alicyclic amines) is 2. The highest BCUT2D eigenvalue weighted by atomic mass is 16.2. The van der Waals surface area contributed by atoms with Crippen LogP contribution in [0.3, 0.4) is 0 Å². The zero-order valence-corrected chi connectivity index (χ0v) is 19.8. The number of anilines is 1. The van der Waals surface area contributed by atoms with E-state index >= 15 is 0 Å². The van der Waals surface area contributed by atoms with Crippen LogP contribution in [0.5, 0.6) is 0 Å². The lowest BCUT2D eigenvalue weighted by atomic mass is 9.71. The predicted octanol–water partition coefficient (Wildman–Crippen LogP) is 4.99. The average Bonchev–Trinajstić information content (AvgIpc) is 3.06. The van der Waals surface area contributed by atoms with Gasteiger partial charge in [-0.2, -0.15) is 0 Å². The molecule has 0 aliphatic carbocycles. The third-order valence-corrected chi connectivity index (χ3v) is 7.99. The lowest BCUT2D eigenvalue weighted by Crippen LogP contribution is -2.51. The van der Waals surface area contributed by atoms with Crippen LogP contribution in [0.1, 0.15) is 56.5 Å². The van der Waals surface area contributed by atoms with E-state index in [1.807, 2.05) is 17.9 Å². The van der Waals surface area contributed by atoms with Crippen LogP contribution in [0.15, 0.2) is 42.5 Å². The Morgan fingerprint density at radius 1 is 0.938 bits per heavy atom. The number of fused-ring (bicyclic) bond motifs is 1. The molecule has 5 rings (SSSR count). The van der Waals surface area contributed by atoms with Crippen molar-refractivity contribution >= 4 is 11.7 Å². The SMILES string of the molecule is Cc1ccc2c(n1)C(C)(C)CN2C(=O)N1CCC2(CCN(Cc3ccccc3)CC2)CC1. The Kier molecular flexibility index (Phi) is 5.48. The summed E-state index contributed by atoms with van der Waals surface area (Å²) >= 11 is 0. The number of carbonyl (C=O) groups excluding carboxylic acids is 1. The van der Waals surface area contributed by atoms with Gasteiger partial charge in [0.2, 0.25) is 0 Å². The molecule has 0 radical (unpaired) electrons. The van der Waals surface area contributed by atoms with Gasteiger partial charge in [0.1, 0.15) is 0 Å². The molecule has 3 aliphatic rings. The van der Waals surface area contributed by atoms with E-state index in [0.29, 0.717) is 12.0 Å². The second-order valence-corrected chi connectivity index (χ2v) is 10.8. The van der Waals surface area contributed by atoms with Gasteiger partial charge in [0.15, 0.2) is 0 Å². The van der Waals surface area contributed by atoms with Crippen LogP contribution in [0.4, 0.5) is 10.5 Å². The first-order valence-corrected chi connectivity index (χ1v) is 12.2. The fraction of sp³-hybridized carbons (Fsp3) is 0.556. The van der Waals surface area contributed by atoms with Crippen molar-refractivity contribution in [1.82, 2.24) is 14.8 Å². The largest absolute Gasteiger partial charge is 0.324 e. The number of rotatable bonds is 2. The van der Waals surface area contributed by atoms with E-state index in [-0.39, 0.29) is 11.4 Å². The van der Waals surface area contributed by atoms with E-state index in [1.165, 1.54) is 31.5 Å². The van der Waals surface area contributed by atoms with Crippen molar-refractivity contribution in [2.75, 3.05) is 37.6 Å². The van der Waals surface area contributed by atoms with Gasteiger partial charge >= 0.3 is 6.03 Å². The minimum absolute atomic E-state index is 0.0976. The first kappa shape index (κ1) is 21.4. The summed E-state index contributed by atoms with van der Waals surface area (Å²) in [7, 11) is 0. The van der Waals surface area contributed by atoms with E-state index in [2.05, 4.69) is 60.0 Å². The highest BCUT2D eigenvalue weighted by molar-refractivity contribution is 5.94. The van der Waals surface area contributed by atoms with Crippen LogP contribution in [-0.4, -0.2) is 53.5 Å². The Balaban J connectivity index is 1.18. The molecular formula is C27H36N4O. The number of hydrogen-bond donors (Lipinski definition) is 0. The lowest BCUT2D eigenvalue weighted by molar-refractivity contribution is 0.0433. The van der Waals surface area contributed by atoms with Crippen molar-refractivity contribution in [2.24, 2.45) is 5.41 Å². The second kappa shape index (κ2) is 8.18. The molecule has 2 fully saturated rings. The second-order valence-electron chi connectivity index (χ2n) is 10.8. The third-order valence-electron chi connectivity index (χ3n) is 7.99. The smallest absolute Gasteiger partial charge is 0.324 e. The van der Waals surface area contributed by atoms with Crippen molar-refractivity contribution in [3.8, 4) is 0 Å². The van der Waals surface area contributed by atoms with Crippen LogP contribution in [0, 0.1) is 12.3 Å². The number of pyridine rings is 1. The maximum Gasteiger partial charge on any atom is 0.324 e. The van der Waals surface area contributed by atoms with Crippen LogP contribution >= 0.6 is 0 Å². The van der Waals surface area contributed by atoms with Crippen molar-refractivity contribution in [1.29, 1.82) is 0 Å². The number of carbonyl (C=O) groups is 1. The van der Waals surface area contributed by atoms with Crippen LogP contribution in [-0.2, 0) is 12.0 Å². The summed E-state index contributed by atoms with van der Waals surface area (Å²) in [4.78, 5) is 24.9. The molecule has 2 saturated heterocycles. The van der Waals surface area contributed by atoms with Crippen molar-refractivity contribution in [3.63, 3.8) is 0 Å². The Bertz CT molecular complexity index is 968. The number of urea groups is 1. The van der Waals surface area contributed by atoms with E-state index in [9.17, 15) is 4.79 Å². The quantitative estimate of drug-likeness (QED) is 0.671. The summed E-state index contributed by atoms with van der Waals surface area (Å²) in [5.74, 6) is 0. The number of hydrogen-bond acceptors (Lipinski definition) is 3. The molecule has 5 nitrogen and oxygen atoms in total. The van der Waals surface area contributed by atoms with Crippen LogP contribution in [0.25, 0.3) is 0 Å². The van der Waals surface area contributed by atoms with Gasteiger partial charge in [0.05, 0.1) is 11.4 Å². The minimum Gasteiger partial charge on any atom is -0.324 e. The molecule has 1 spiro atoms. The van der Waals surface area contributed by atoms with Gasteiger partial charge in [-0.25, -0.2) is 4.79 Å². The number of aryl methyl sites for hydroxylation is 1. The Hall–Kier alpha value is -2.40. The summed E-state index contributed by atoms with van der Waals surface area (Å²) < 4.78 is 0. The molecule has 4 heterocycles. The highest BCUT2D eigenvalue weighted by Crippen LogP contribution is 2.43. The summed E-state index contributed by atoms with van der Waals surface area (Å²) in [6.07, 6.45) is 4.78. The number of amides is 2. The molecule has 1 aromatic heterocycles. The molecule has 0 N–H and O–H groups in total. The monoisotopic (exact) mass is 432 g/mol. The molecule has 32 heavy (non-hydrogen) atoms. The number of nitrogens with zero attached hydrogens (tertiary/aromatic N) is 4. The zero-order chi connectivity index (χ0) is 22.3. The predicted molar refractivity (Wildman–Crippen MR) is 129 cm³/mol. The normalized spacial score (nSPS) is 22.2. The fourth-order valence-electron chi connectivity index (χ4n) is 5.86. The van der Waals surface area contributed by atoms with Gasteiger partial charge in [-0.1, -0.05) is 44.2 Å². The van der Waals surface area contributed by atoms with E-state index < -0.39 is 0 Å². The molecule has 5 heteroatoms. The third kappa shape index (κ3) is 4.03. The van der Waals surface area contributed by atoms with Crippen LogP contribution in [0.2, 0.25) is 0 Å². The number of benzene rings is 1. The van der Waals surface area contributed by atoms with E-state index in [0.717, 1.165) is 49.6 Å². The Morgan fingerprint density at radius 2 is 1.59 bits per heavy atom. The minimum atomic E-state index is -0.0976. The summed E-state index contributed by atoms with van der Waals surface area (Å²) in [5, 5.41) is 0. The first-order chi connectivity index (χ1) is 15.4. The van der Waals surface area contributed by atoms with E-state index in [1.54, 1.807) is 0 Å². The molecule has 0 atom stereocenters. The number of aromatic nitrogens is 1. The van der Waals surface area contributed by atoms with Gasteiger partial charge in [-0.05, 0) is 68.8 Å². The molecule has 1 aromatic carbocycles. The molecule has 2 aromatic rings. The van der Waals surface area contributed by atoms with Crippen molar-refractivity contribution in [3.05, 3.63) is 59.4 Å². The summed E-state index contributed by atoms with van der Waals surface area (Å²) in [5.41, 5.74) is 4.81. The Morgan fingerprint density at radius 3 is 2.28 bits per heavy atom. The molecule has 170 valence electrons. The van der Waals surface area contributed by atoms with Crippen molar-refractivity contribution < 1.29 is 4.79 Å². The Labute approximate surface area is 192 Å². The number of piperidine rings is 2. The maximum absolute atomic E-state index is 13.5. The fourth-order valence-corrected chi connectivity index (χ4v) is 5.86. The highest BCUT2D eigenvalue weighted by Gasteiger charge is 2.43. The summed E-state index contributed by atoms with van der Waals surface area (Å²) in [6.45, 7) is 12.3. The first-order valence-electron chi connectivity index (χ1n) is 12.2. The van der Waals surface area contributed by atoms with Gasteiger partial charge in [-0.15, -0.1) is 0 Å². The van der Waals surface area contributed by atoms with Crippen molar-refractivity contribution in [2.45, 2.75) is 58.4 Å². The molecule has 0 saturated carbocycles. The van der Waals surface area contributed by atoms with Gasteiger partial charge < -0.3 is 4.90 Å². The van der Waals surface area contributed by atoms with Crippen LogP contribution < -0.4 is 4.90 Å². The molecular weight excluding hydrogens is 396 g/mol. The van der Waals surface area contributed by atoms with Gasteiger partial charge in [0.25, 0.3) is 0 Å². The van der Waals surface area contributed by atoms with E-state index in [4.69, 9.17) is 4.98 Å². The average molecular weight is 433 g/mol. The van der Waals surface area contributed by atoms with Gasteiger partial charge in [-0.3, -0.25) is 14.8 Å². The maximum atomic E-state index is 13.5. The zero-order valence-electron chi connectivity index (χ0n) is 19.8. The molecule has 0 unspecified atom stereocenters. The topological polar surface area (TPSA) is 39.7 Å². The molecule has 2 amide bonds. The summed E-state index contributed by atoms with van der Waals surface area (Å²) in [6, 6.07) is 15.1. The van der Waals surface area contributed by atoms with Gasteiger partial charge in [0, 0.05) is 37.3 Å². The standard InChI is InChI=1S/C27H36N4O/c1-21-9-10-23-24(28-21)26(2,3)20-31(23)25(32)30-17-13-27(14-18-30)11-15-29(16-12-27)19-22-7-5-4-6-8-22/h4-10H,11-20H2,1-3H3. The molecule has 3 aliphatic heterocycles. The lowest BCUT2D eigenvalue weighted by Gasteiger charge is -2.47. The molecule has 0 bridgehead atoms.